The van der Waals surface area contributed by atoms with E-state index in [0.29, 0.717) is 42.6 Å². The van der Waals surface area contributed by atoms with Gasteiger partial charge in [-0.15, -0.1) is 0 Å². The smallest absolute Gasteiger partial charge is 0.255 e. The summed E-state index contributed by atoms with van der Waals surface area (Å²) in [6, 6.07) is 9.55. The highest BCUT2D eigenvalue weighted by atomic mass is 16.5. The van der Waals surface area contributed by atoms with E-state index in [1.165, 1.54) is 0 Å². The van der Waals surface area contributed by atoms with Crippen molar-refractivity contribution in [3.63, 3.8) is 0 Å². The molecule has 7 heteroatoms. The monoisotopic (exact) mass is 399 g/mol. The fourth-order valence-electron chi connectivity index (χ4n) is 3.77. The molecule has 1 aromatic heterocycles. The molecule has 0 saturated carbocycles. The van der Waals surface area contributed by atoms with Crippen molar-refractivity contribution in [3.05, 3.63) is 47.7 Å². The van der Waals surface area contributed by atoms with Gasteiger partial charge in [0.2, 0.25) is 0 Å². The van der Waals surface area contributed by atoms with Crippen LogP contribution in [0.5, 0.6) is 11.5 Å². The average molecular weight is 399 g/mol. The number of benzene rings is 1. The van der Waals surface area contributed by atoms with Crippen molar-refractivity contribution >= 4 is 11.7 Å². The molecule has 0 radical (unpaired) electrons. The van der Waals surface area contributed by atoms with Crippen LogP contribution in [-0.2, 0) is 10.2 Å². The Labute approximate surface area is 172 Å². The SMILES string of the molecule is COc1ccc(C2(CNC(=O)c3cccnc3N(C)C)CCOCC2)cc1OC. The third kappa shape index (κ3) is 4.45. The van der Waals surface area contributed by atoms with Gasteiger partial charge < -0.3 is 24.4 Å². The number of anilines is 1. The highest BCUT2D eigenvalue weighted by molar-refractivity contribution is 5.98. The number of carbonyl (C=O) groups excluding carboxylic acids is 1. The number of hydrogen-bond donors (Lipinski definition) is 1. The van der Waals surface area contributed by atoms with Crippen molar-refractivity contribution in [2.45, 2.75) is 18.3 Å². The first-order valence-electron chi connectivity index (χ1n) is 9.71. The lowest BCUT2D eigenvalue weighted by molar-refractivity contribution is 0.0486. The molecule has 0 atom stereocenters. The van der Waals surface area contributed by atoms with E-state index < -0.39 is 0 Å². The summed E-state index contributed by atoms with van der Waals surface area (Å²) in [4.78, 5) is 19.1. The van der Waals surface area contributed by atoms with Gasteiger partial charge in [-0.3, -0.25) is 4.79 Å². The second-order valence-electron chi connectivity index (χ2n) is 7.41. The molecule has 0 spiro atoms. The summed E-state index contributed by atoms with van der Waals surface area (Å²) in [6.45, 7) is 1.81. The molecule has 0 unspecified atom stereocenters. The first-order valence-corrected chi connectivity index (χ1v) is 9.71. The van der Waals surface area contributed by atoms with Crippen LogP contribution in [0.1, 0.15) is 28.8 Å². The third-order valence-electron chi connectivity index (χ3n) is 5.49. The molecule has 1 aromatic carbocycles. The second-order valence-corrected chi connectivity index (χ2v) is 7.41. The lowest BCUT2D eigenvalue weighted by atomic mass is 9.74. The summed E-state index contributed by atoms with van der Waals surface area (Å²) >= 11 is 0. The van der Waals surface area contributed by atoms with Crippen molar-refractivity contribution in [1.29, 1.82) is 0 Å². The van der Waals surface area contributed by atoms with Crippen molar-refractivity contribution in [3.8, 4) is 11.5 Å². The van der Waals surface area contributed by atoms with E-state index >= 15 is 0 Å². The molecule has 0 bridgehead atoms. The first-order chi connectivity index (χ1) is 14.0. The van der Waals surface area contributed by atoms with Crippen LogP contribution in [0.25, 0.3) is 0 Å². The summed E-state index contributed by atoms with van der Waals surface area (Å²) in [5.74, 6) is 1.89. The highest BCUT2D eigenvalue weighted by Gasteiger charge is 2.36. The van der Waals surface area contributed by atoms with E-state index in [1.807, 2.05) is 37.2 Å². The van der Waals surface area contributed by atoms with E-state index in [-0.39, 0.29) is 11.3 Å². The molecule has 3 rings (SSSR count). The summed E-state index contributed by atoms with van der Waals surface area (Å²) in [6.07, 6.45) is 3.32. The van der Waals surface area contributed by atoms with Gasteiger partial charge in [-0.25, -0.2) is 4.98 Å². The van der Waals surface area contributed by atoms with E-state index in [9.17, 15) is 4.79 Å². The quantitative estimate of drug-likeness (QED) is 0.772. The lowest BCUT2D eigenvalue weighted by Crippen LogP contribution is -2.44. The maximum Gasteiger partial charge on any atom is 0.255 e. The Morgan fingerprint density at radius 1 is 1.17 bits per heavy atom. The molecule has 1 amide bonds. The summed E-state index contributed by atoms with van der Waals surface area (Å²) in [7, 11) is 7.01. The summed E-state index contributed by atoms with van der Waals surface area (Å²) < 4.78 is 16.5. The van der Waals surface area contributed by atoms with E-state index in [2.05, 4.69) is 10.3 Å². The Morgan fingerprint density at radius 3 is 2.55 bits per heavy atom. The van der Waals surface area contributed by atoms with Crippen LogP contribution in [0.3, 0.4) is 0 Å². The molecule has 2 aromatic rings. The number of carbonyl (C=O) groups is 1. The molecule has 2 heterocycles. The van der Waals surface area contributed by atoms with Crippen molar-refractivity contribution in [1.82, 2.24) is 10.3 Å². The van der Waals surface area contributed by atoms with Crippen LogP contribution in [0.2, 0.25) is 0 Å². The molecule has 7 nitrogen and oxygen atoms in total. The average Bonchev–Trinajstić information content (AvgIpc) is 2.77. The van der Waals surface area contributed by atoms with Gasteiger partial charge in [0.15, 0.2) is 11.5 Å². The summed E-state index contributed by atoms with van der Waals surface area (Å²) in [5, 5.41) is 3.14. The molecule has 1 aliphatic heterocycles. The number of nitrogens with zero attached hydrogens (tertiary/aromatic N) is 2. The molecule has 156 valence electrons. The zero-order valence-electron chi connectivity index (χ0n) is 17.5. The zero-order valence-corrected chi connectivity index (χ0v) is 17.5. The van der Waals surface area contributed by atoms with E-state index in [4.69, 9.17) is 14.2 Å². The van der Waals surface area contributed by atoms with Crippen molar-refractivity contribution in [2.75, 3.05) is 53.0 Å². The Balaban J connectivity index is 1.86. The molecule has 29 heavy (non-hydrogen) atoms. The van der Waals surface area contributed by atoms with Gasteiger partial charge in [0.1, 0.15) is 5.82 Å². The maximum atomic E-state index is 13.0. The number of nitrogens with one attached hydrogen (secondary N) is 1. The standard InChI is InChI=1S/C22H29N3O4/c1-25(2)20-17(6-5-11-23-20)21(26)24-15-22(9-12-29-13-10-22)16-7-8-18(27-3)19(14-16)28-4/h5-8,11,14H,9-10,12-13,15H2,1-4H3,(H,24,26). The van der Waals surface area contributed by atoms with Gasteiger partial charge in [-0.2, -0.15) is 0 Å². The highest BCUT2D eigenvalue weighted by Crippen LogP contribution is 2.39. The molecule has 0 aliphatic carbocycles. The second kappa shape index (κ2) is 9.13. The number of methoxy groups -OCH3 is 2. The number of aromatic nitrogens is 1. The molecule has 1 saturated heterocycles. The topological polar surface area (TPSA) is 72.9 Å². The molecular formula is C22H29N3O4. The molecule has 1 N–H and O–H groups in total. The van der Waals surface area contributed by atoms with Crippen LogP contribution in [-0.4, -0.2) is 59.0 Å². The van der Waals surface area contributed by atoms with Crippen LogP contribution < -0.4 is 19.7 Å². The molecule has 1 fully saturated rings. The lowest BCUT2D eigenvalue weighted by Gasteiger charge is -2.38. The van der Waals surface area contributed by atoms with Gasteiger partial charge in [0.25, 0.3) is 5.91 Å². The predicted molar refractivity (Wildman–Crippen MR) is 112 cm³/mol. The van der Waals surface area contributed by atoms with Gasteiger partial charge in [-0.1, -0.05) is 6.07 Å². The minimum absolute atomic E-state index is 0.131. The number of hydrogen-bond acceptors (Lipinski definition) is 6. The normalized spacial score (nSPS) is 15.4. The Kier molecular flexibility index (Phi) is 6.59. The fourth-order valence-corrected chi connectivity index (χ4v) is 3.77. The van der Waals surface area contributed by atoms with Crippen LogP contribution >= 0.6 is 0 Å². The molecular weight excluding hydrogens is 370 g/mol. The van der Waals surface area contributed by atoms with Gasteiger partial charge >= 0.3 is 0 Å². The van der Waals surface area contributed by atoms with Crippen LogP contribution in [0.15, 0.2) is 36.5 Å². The van der Waals surface area contributed by atoms with Gasteiger partial charge in [-0.05, 0) is 42.7 Å². The number of ether oxygens (including phenoxy) is 3. The van der Waals surface area contributed by atoms with Crippen molar-refractivity contribution < 1.29 is 19.0 Å². The first kappa shape index (κ1) is 20.9. The van der Waals surface area contributed by atoms with Crippen molar-refractivity contribution in [2.24, 2.45) is 0 Å². The molecule has 1 aliphatic rings. The number of pyridine rings is 1. The van der Waals surface area contributed by atoms with E-state index in [0.717, 1.165) is 18.4 Å². The van der Waals surface area contributed by atoms with Crippen LogP contribution in [0.4, 0.5) is 5.82 Å². The Hall–Kier alpha value is -2.80. The number of rotatable bonds is 7. The number of amides is 1. The van der Waals surface area contributed by atoms with Gasteiger partial charge in [0.05, 0.1) is 19.8 Å². The minimum Gasteiger partial charge on any atom is -0.493 e. The maximum absolute atomic E-state index is 13.0. The van der Waals surface area contributed by atoms with Gasteiger partial charge in [0, 0.05) is 45.5 Å². The predicted octanol–water partition coefficient (Wildman–Crippen LogP) is 2.64. The summed E-state index contributed by atoms with van der Waals surface area (Å²) in [5.41, 5.74) is 1.44. The minimum atomic E-state index is -0.228. The largest absolute Gasteiger partial charge is 0.493 e. The van der Waals surface area contributed by atoms with Crippen LogP contribution in [0, 0.1) is 0 Å². The van der Waals surface area contributed by atoms with E-state index in [1.54, 1.807) is 32.5 Å². The zero-order chi connectivity index (χ0) is 20.9. The Morgan fingerprint density at radius 2 is 1.90 bits per heavy atom. The third-order valence-corrected chi connectivity index (χ3v) is 5.49. The fraction of sp³-hybridized carbons (Fsp3) is 0.455. The Bertz CT molecular complexity index is 848.